The first-order chi connectivity index (χ1) is 14.3. The third-order valence-corrected chi connectivity index (χ3v) is 6.13. The average molecular weight is 390 g/mol. The van der Waals surface area contributed by atoms with Gasteiger partial charge in [0.25, 0.3) is 5.56 Å². The lowest BCUT2D eigenvalue weighted by atomic mass is 10.2. The quantitative estimate of drug-likeness (QED) is 0.713. The Kier molecular flexibility index (Phi) is 4.94. The maximum absolute atomic E-state index is 12.6. The van der Waals surface area contributed by atoms with E-state index < -0.39 is 0 Å². The van der Waals surface area contributed by atoms with Crippen molar-refractivity contribution in [3.05, 3.63) is 59.0 Å². The Labute approximate surface area is 170 Å². The minimum absolute atomic E-state index is 0.0851. The van der Waals surface area contributed by atoms with Crippen LogP contribution in [-0.2, 0) is 0 Å². The van der Waals surface area contributed by atoms with E-state index in [-0.39, 0.29) is 5.56 Å². The van der Waals surface area contributed by atoms with Crippen LogP contribution in [0.2, 0.25) is 0 Å². The summed E-state index contributed by atoms with van der Waals surface area (Å²) in [5.74, 6) is 0.768. The number of fused-ring (bicyclic) bond motifs is 1. The molecule has 1 saturated carbocycles. The van der Waals surface area contributed by atoms with E-state index in [0.29, 0.717) is 6.04 Å². The third kappa shape index (κ3) is 3.72. The summed E-state index contributed by atoms with van der Waals surface area (Å²) in [6, 6.07) is 14.4. The fourth-order valence-corrected chi connectivity index (χ4v) is 4.59. The van der Waals surface area contributed by atoms with Crippen molar-refractivity contribution < 1.29 is 0 Å². The second-order valence-electron chi connectivity index (χ2n) is 8.02. The molecule has 3 heterocycles. The van der Waals surface area contributed by atoms with Gasteiger partial charge in [-0.1, -0.05) is 12.8 Å². The molecule has 6 nitrogen and oxygen atoms in total. The number of hydrogen-bond donors (Lipinski definition) is 2. The minimum Gasteiger partial charge on any atom is -0.369 e. The predicted molar refractivity (Wildman–Crippen MR) is 118 cm³/mol. The second kappa shape index (κ2) is 7.87. The van der Waals surface area contributed by atoms with E-state index in [0.717, 1.165) is 61.4 Å². The van der Waals surface area contributed by atoms with E-state index in [9.17, 15) is 4.79 Å². The van der Waals surface area contributed by atoms with Crippen molar-refractivity contribution in [2.75, 3.05) is 36.4 Å². The molecule has 0 atom stereocenters. The van der Waals surface area contributed by atoms with Crippen LogP contribution in [0.25, 0.3) is 10.9 Å². The number of anilines is 3. The number of aromatic nitrogens is 2. The van der Waals surface area contributed by atoms with E-state index in [1.54, 1.807) is 6.07 Å². The summed E-state index contributed by atoms with van der Waals surface area (Å²) in [5.41, 5.74) is 3.31. The Balaban J connectivity index is 1.41. The molecule has 1 aliphatic heterocycles. The van der Waals surface area contributed by atoms with Crippen LogP contribution in [0.3, 0.4) is 0 Å². The van der Waals surface area contributed by atoms with E-state index in [2.05, 4.69) is 44.8 Å². The fraction of sp³-hybridized carbons (Fsp3) is 0.391. The topological polar surface area (TPSA) is 62.2 Å². The van der Waals surface area contributed by atoms with E-state index in [1.807, 2.05) is 22.9 Å². The number of hydrogen-bond acceptors (Lipinski definition) is 5. The van der Waals surface area contributed by atoms with Crippen LogP contribution in [0.5, 0.6) is 0 Å². The lowest BCUT2D eigenvalue weighted by Gasteiger charge is -2.29. The van der Waals surface area contributed by atoms with Crippen LogP contribution in [0, 0.1) is 0 Å². The van der Waals surface area contributed by atoms with Crippen molar-refractivity contribution in [2.24, 2.45) is 0 Å². The van der Waals surface area contributed by atoms with Gasteiger partial charge in [-0.15, -0.1) is 0 Å². The molecule has 1 saturated heterocycles. The number of pyridine rings is 2. The molecule has 5 rings (SSSR count). The van der Waals surface area contributed by atoms with Crippen LogP contribution in [-0.4, -0.2) is 35.7 Å². The molecule has 2 aliphatic rings. The first kappa shape index (κ1) is 18.2. The van der Waals surface area contributed by atoms with Crippen LogP contribution >= 0.6 is 0 Å². The van der Waals surface area contributed by atoms with E-state index >= 15 is 0 Å². The normalized spacial score (nSPS) is 17.7. The van der Waals surface area contributed by atoms with Crippen LogP contribution < -0.4 is 21.1 Å². The molecular formula is C23H27N5O. The van der Waals surface area contributed by atoms with E-state index in [1.165, 1.54) is 18.5 Å². The summed E-state index contributed by atoms with van der Waals surface area (Å²) in [7, 11) is 0. The fourth-order valence-electron chi connectivity index (χ4n) is 4.59. The summed E-state index contributed by atoms with van der Waals surface area (Å²) in [6.07, 6.45) is 6.42. The highest BCUT2D eigenvalue weighted by molar-refractivity contribution is 5.81. The molecule has 150 valence electrons. The molecule has 0 spiro atoms. The van der Waals surface area contributed by atoms with Gasteiger partial charge in [-0.25, -0.2) is 4.98 Å². The van der Waals surface area contributed by atoms with Crippen molar-refractivity contribution in [3.63, 3.8) is 0 Å². The van der Waals surface area contributed by atoms with Gasteiger partial charge in [0, 0.05) is 67.3 Å². The van der Waals surface area contributed by atoms with Gasteiger partial charge < -0.3 is 20.1 Å². The van der Waals surface area contributed by atoms with Crippen LogP contribution in [0.15, 0.2) is 53.5 Å². The first-order valence-electron chi connectivity index (χ1n) is 10.6. The zero-order valence-corrected chi connectivity index (χ0v) is 16.6. The Morgan fingerprint density at radius 2 is 1.76 bits per heavy atom. The average Bonchev–Trinajstić information content (AvgIpc) is 3.29. The Morgan fingerprint density at radius 1 is 1.00 bits per heavy atom. The number of piperazine rings is 1. The zero-order valence-electron chi connectivity index (χ0n) is 16.6. The van der Waals surface area contributed by atoms with Gasteiger partial charge in [0.1, 0.15) is 5.82 Å². The molecule has 1 aromatic carbocycles. The molecule has 2 N–H and O–H groups in total. The summed E-state index contributed by atoms with van der Waals surface area (Å²) in [6.45, 7) is 4.14. The number of rotatable bonds is 4. The Morgan fingerprint density at radius 3 is 2.52 bits per heavy atom. The molecule has 2 aromatic heterocycles. The lowest BCUT2D eigenvalue weighted by Crippen LogP contribution is -2.43. The summed E-state index contributed by atoms with van der Waals surface area (Å²) in [4.78, 5) is 19.6. The minimum atomic E-state index is 0.0851. The molecule has 2 fully saturated rings. The molecule has 0 unspecified atom stereocenters. The van der Waals surface area contributed by atoms with Gasteiger partial charge in [-0.05, 0) is 43.2 Å². The molecule has 29 heavy (non-hydrogen) atoms. The van der Waals surface area contributed by atoms with Crippen LogP contribution in [0.1, 0.15) is 31.7 Å². The van der Waals surface area contributed by atoms with Crippen molar-refractivity contribution in [2.45, 2.75) is 31.7 Å². The van der Waals surface area contributed by atoms with Gasteiger partial charge in [-0.2, -0.15) is 0 Å². The SMILES string of the molecule is O=c1ccc2cnc(Nc3ccc(N4CCNCC4)cc3)cc2n1C1CCCC1. The summed E-state index contributed by atoms with van der Waals surface area (Å²) in [5, 5.41) is 7.80. The summed E-state index contributed by atoms with van der Waals surface area (Å²) < 4.78 is 1.97. The standard InChI is InChI=1S/C23H27N5O/c29-23-10-5-17-16-25-22(15-21(17)28(23)20-3-1-2-4-20)26-18-6-8-19(9-7-18)27-13-11-24-12-14-27/h5-10,15-16,20,24H,1-4,11-14H2,(H,25,26). The van der Waals surface area contributed by atoms with Gasteiger partial charge in [0.2, 0.25) is 0 Å². The van der Waals surface area contributed by atoms with Crippen molar-refractivity contribution in [3.8, 4) is 0 Å². The Hall–Kier alpha value is -2.86. The number of nitrogens with zero attached hydrogens (tertiary/aromatic N) is 3. The monoisotopic (exact) mass is 389 g/mol. The Bertz CT molecular complexity index is 1050. The van der Waals surface area contributed by atoms with Gasteiger partial charge >= 0.3 is 0 Å². The van der Waals surface area contributed by atoms with Crippen molar-refractivity contribution >= 4 is 28.1 Å². The third-order valence-electron chi connectivity index (χ3n) is 6.13. The molecule has 0 bridgehead atoms. The van der Waals surface area contributed by atoms with Gasteiger partial charge in [0.15, 0.2) is 0 Å². The van der Waals surface area contributed by atoms with Crippen molar-refractivity contribution in [1.82, 2.24) is 14.9 Å². The highest BCUT2D eigenvalue weighted by Crippen LogP contribution is 2.31. The maximum atomic E-state index is 12.6. The largest absolute Gasteiger partial charge is 0.369 e. The molecule has 1 aliphatic carbocycles. The molecule has 3 aromatic rings. The molecule has 0 amide bonds. The number of benzene rings is 1. The van der Waals surface area contributed by atoms with E-state index in [4.69, 9.17) is 0 Å². The molecular weight excluding hydrogens is 362 g/mol. The summed E-state index contributed by atoms with van der Waals surface area (Å²) >= 11 is 0. The van der Waals surface area contributed by atoms with Crippen molar-refractivity contribution in [1.29, 1.82) is 0 Å². The zero-order chi connectivity index (χ0) is 19.6. The van der Waals surface area contributed by atoms with Gasteiger partial charge in [-0.3, -0.25) is 4.79 Å². The lowest BCUT2D eigenvalue weighted by molar-refractivity contribution is 0.519. The smallest absolute Gasteiger partial charge is 0.251 e. The highest BCUT2D eigenvalue weighted by atomic mass is 16.1. The second-order valence-corrected chi connectivity index (χ2v) is 8.02. The maximum Gasteiger partial charge on any atom is 0.251 e. The molecule has 6 heteroatoms. The predicted octanol–water partition coefficient (Wildman–Crippen LogP) is 3.66. The first-order valence-corrected chi connectivity index (χ1v) is 10.6. The van der Waals surface area contributed by atoms with Crippen LogP contribution in [0.4, 0.5) is 17.2 Å². The highest BCUT2D eigenvalue weighted by Gasteiger charge is 2.20. The van der Waals surface area contributed by atoms with Gasteiger partial charge in [0.05, 0.1) is 5.52 Å². The number of nitrogens with one attached hydrogen (secondary N) is 2. The molecule has 0 radical (unpaired) electrons.